The molecular formula is C27H25N3O5. The normalized spacial score (nSPS) is 17.4. The second-order valence-electron chi connectivity index (χ2n) is 8.40. The van der Waals surface area contributed by atoms with E-state index >= 15 is 0 Å². The molecule has 178 valence electrons. The van der Waals surface area contributed by atoms with Crippen LogP contribution in [0, 0.1) is 6.92 Å². The van der Waals surface area contributed by atoms with Crippen LogP contribution >= 0.6 is 0 Å². The third-order valence-corrected chi connectivity index (χ3v) is 6.02. The van der Waals surface area contributed by atoms with Gasteiger partial charge in [-0.25, -0.2) is 4.98 Å². The minimum absolute atomic E-state index is 0.00273. The van der Waals surface area contributed by atoms with Gasteiger partial charge in [-0.2, -0.15) is 0 Å². The first kappa shape index (κ1) is 22.5. The van der Waals surface area contributed by atoms with Gasteiger partial charge in [0, 0.05) is 6.20 Å². The number of pyridine rings is 1. The molecule has 0 radical (unpaired) electrons. The largest absolute Gasteiger partial charge is 0.505 e. The zero-order chi connectivity index (χ0) is 24.5. The lowest BCUT2D eigenvalue weighted by molar-refractivity contribution is -0.140. The number of aromatic nitrogens is 2. The first-order valence-corrected chi connectivity index (χ1v) is 11.5. The van der Waals surface area contributed by atoms with E-state index in [0.29, 0.717) is 40.7 Å². The summed E-state index contributed by atoms with van der Waals surface area (Å²) in [5.74, 6) is -0.588. The molecule has 1 unspecified atom stereocenters. The molecule has 1 amide bonds. The summed E-state index contributed by atoms with van der Waals surface area (Å²) in [7, 11) is 0. The van der Waals surface area contributed by atoms with Crippen molar-refractivity contribution in [2.45, 2.75) is 32.9 Å². The van der Waals surface area contributed by atoms with E-state index in [9.17, 15) is 14.7 Å². The lowest BCUT2D eigenvalue weighted by Crippen LogP contribution is -2.29. The number of hydrogen-bond donors (Lipinski definition) is 1. The van der Waals surface area contributed by atoms with E-state index in [1.54, 1.807) is 35.7 Å². The number of carbonyl (C=O) groups is 2. The number of fused-ring (bicyclic) bond motifs is 1. The number of ether oxygens (including phenoxy) is 1. The zero-order valence-corrected chi connectivity index (χ0v) is 19.5. The van der Waals surface area contributed by atoms with Crippen LogP contribution in [-0.4, -0.2) is 37.7 Å². The Morgan fingerprint density at radius 3 is 2.77 bits per heavy atom. The number of furan rings is 1. The quantitative estimate of drug-likeness (QED) is 0.239. The predicted molar refractivity (Wildman–Crippen MR) is 129 cm³/mol. The van der Waals surface area contributed by atoms with E-state index < -0.39 is 17.7 Å². The summed E-state index contributed by atoms with van der Waals surface area (Å²) in [5.41, 5.74) is 2.20. The summed E-state index contributed by atoms with van der Waals surface area (Å²) in [6.07, 6.45) is 4.12. The minimum Gasteiger partial charge on any atom is -0.505 e. The molecule has 3 aromatic heterocycles. The van der Waals surface area contributed by atoms with Gasteiger partial charge in [0.25, 0.3) is 11.7 Å². The maximum Gasteiger partial charge on any atom is 0.296 e. The Balaban J connectivity index is 1.69. The second kappa shape index (κ2) is 9.13. The SMILES string of the molecule is CCCOc1cccc(C2/C(=C(\O)c3c(C)nc4ccccn34)C(=O)C(=O)N2Cc2ccco2)c1. The molecule has 8 heteroatoms. The number of rotatable bonds is 7. The maximum absolute atomic E-state index is 13.4. The van der Waals surface area contributed by atoms with Gasteiger partial charge in [0.2, 0.25) is 0 Å². The Bertz CT molecular complexity index is 1430. The molecule has 1 N–H and O–H groups in total. The number of Topliss-reactive ketones (excluding diaryl/α,β-unsaturated/α-hetero) is 1. The van der Waals surface area contributed by atoms with Crippen LogP contribution in [-0.2, 0) is 16.1 Å². The molecule has 8 nitrogen and oxygen atoms in total. The first-order chi connectivity index (χ1) is 17.0. The highest BCUT2D eigenvalue weighted by molar-refractivity contribution is 6.46. The molecule has 4 heterocycles. The van der Waals surface area contributed by atoms with Gasteiger partial charge in [0.05, 0.1) is 36.7 Å². The van der Waals surface area contributed by atoms with Gasteiger partial charge in [-0.05, 0) is 55.3 Å². The zero-order valence-electron chi connectivity index (χ0n) is 19.5. The highest BCUT2D eigenvalue weighted by Crippen LogP contribution is 2.41. The number of imidazole rings is 1. The van der Waals surface area contributed by atoms with Crippen LogP contribution in [0.5, 0.6) is 5.75 Å². The van der Waals surface area contributed by atoms with E-state index in [-0.39, 0.29) is 17.9 Å². The number of aryl methyl sites for hydroxylation is 1. The van der Waals surface area contributed by atoms with Crippen LogP contribution in [0.4, 0.5) is 0 Å². The fourth-order valence-electron chi connectivity index (χ4n) is 4.48. The fraction of sp³-hybridized carbons (Fsp3) is 0.222. The molecule has 4 aromatic rings. The Hall–Kier alpha value is -4.33. The third-order valence-electron chi connectivity index (χ3n) is 6.02. The predicted octanol–water partition coefficient (Wildman–Crippen LogP) is 4.65. The van der Waals surface area contributed by atoms with Crippen LogP contribution in [0.25, 0.3) is 11.4 Å². The summed E-state index contributed by atoms with van der Waals surface area (Å²) in [5, 5.41) is 11.5. The Kier molecular flexibility index (Phi) is 5.86. The first-order valence-electron chi connectivity index (χ1n) is 11.5. The molecule has 0 aliphatic carbocycles. The molecule has 0 saturated carbocycles. The Labute approximate surface area is 202 Å². The number of nitrogens with zero attached hydrogens (tertiary/aromatic N) is 3. The second-order valence-corrected chi connectivity index (χ2v) is 8.40. The number of likely N-dealkylation sites (tertiary alicyclic amines) is 1. The van der Waals surface area contributed by atoms with Crippen LogP contribution in [0.1, 0.15) is 42.1 Å². The summed E-state index contributed by atoms with van der Waals surface area (Å²) in [6.45, 7) is 4.39. The summed E-state index contributed by atoms with van der Waals surface area (Å²) < 4.78 is 13.0. The van der Waals surface area contributed by atoms with Gasteiger partial charge in [0.1, 0.15) is 22.9 Å². The van der Waals surface area contributed by atoms with Crippen molar-refractivity contribution < 1.29 is 23.8 Å². The molecule has 1 aliphatic heterocycles. The highest BCUT2D eigenvalue weighted by atomic mass is 16.5. The van der Waals surface area contributed by atoms with E-state index in [0.717, 1.165) is 6.42 Å². The van der Waals surface area contributed by atoms with Gasteiger partial charge in [-0.3, -0.25) is 14.0 Å². The standard InChI is InChI=1S/C27H25N3O5/c1-3-13-34-19-9-6-8-18(15-19)24-22(26(32)27(33)30(24)16-20-10-7-14-35-20)25(31)23-17(2)28-21-11-4-5-12-29(21)23/h4-12,14-15,24,31H,3,13,16H2,1-2H3/b25-22+. The molecule has 0 bridgehead atoms. The van der Waals surface area contributed by atoms with Crippen molar-refractivity contribution in [2.75, 3.05) is 6.61 Å². The van der Waals surface area contributed by atoms with Crippen molar-refractivity contribution in [1.29, 1.82) is 0 Å². The summed E-state index contributed by atoms with van der Waals surface area (Å²) >= 11 is 0. The maximum atomic E-state index is 13.4. The minimum atomic E-state index is -0.834. The molecule has 0 spiro atoms. The van der Waals surface area contributed by atoms with Gasteiger partial charge in [-0.1, -0.05) is 25.1 Å². The van der Waals surface area contributed by atoms with Crippen LogP contribution in [0.15, 0.2) is 77.0 Å². The van der Waals surface area contributed by atoms with Crippen LogP contribution < -0.4 is 4.74 Å². The van der Waals surface area contributed by atoms with Crippen molar-refractivity contribution >= 4 is 23.1 Å². The number of aliphatic hydroxyl groups is 1. The number of aliphatic hydroxyl groups excluding tert-OH is 1. The van der Waals surface area contributed by atoms with Crippen molar-refractivity contribution in [3.8, 4) is 5.75 Å². The molecule has 5 rings (SSSR count). The molecule has 1 saturated heterocycles. The van der Waals surface area contributed by atoms with Crippen LogP contribution in [0.2, 0.25) is 0 Å². The number of ketones is 1. The number of hydrogen-bond acceptors (Lipinski definition) is 6. The van der Waals surface area contributed by atoms with Gasteiger partial charge in [-0.15, -0.1) is 0 Å². The highest BCUT2D eigenvalue weighted by Gasteiger charge is 2.47. The summed E-state index contributed by atoms with van der Waals surface area (Å²) in [4.78, 5) is 32.5. The number of carbonyl (C=O) groups excluding carboxylic acids is 2. The Morgan fingerprint density at radius 2 is 2.00 bits per heavy atom. The lowest BCUT2D eigenvalue weighted by atomic mass is 9.96. The molecule has 1 aromatic carbocycles. The van der Waals surface area contributed by atoms with Crippen LogP contribution in [0.3, 0.4) is 0 Å². The van der Waals surface area contributed by atoms with Gasteiger partial charge < -0.3 is 19.2 Å². The number of amides is 1. The van der Waals surface area contributed by atoms with Crippen molar-refractivity contribution in [3.63, 3.8) is 0 Å². The molecule has 1 fully saturated rings. The number of benzene rings is 1. The summed E-state index contributed by atoms with van der Waals surface area (Å²) in [6, 6.07) is 15.4. The monoisotopic (exact) mass is 471 g/mol. The lowest BCUT2D eigenvalue weighted by Gasteiger charge is -2.25. The molecular weight excluding hydrogens is 446 g/mol. The fourth-order valence-corrected chi connectivity index (χ4v) is 4.48. The van der Waals surface area contributed by atoms with Gasteiger partial charge >= 0.3 is 0 Å². The van der Waals surface area contributed by atoms with E-state index in [2.05, 4.69) is 4.98 Å². The third kappa shape index (κ3) is 3.97. The van der Waals surface area contributed by atoms with Crippen molar-refractivity contribution in [1.82, 2.24) is 14.3 Å². The Morgan fingerprint density at radius 1 is 1.14 bits per heavy atom. The van der Waals surface area contributed by atoms with E-state index in [1.807, 2.05) is 43.3 Å². The molecule has 1 aliphatic rings. The van der Waals surface area contributed by atoms with Crippen molar-refractivity contribution in [3.05, 3.63) is 95.3 Å². The van der Waals surface area contributed by atoms with E-state index in [1.165, 1.54) is 11.2 Å². The average molecular weight is 472 g/mol. The van der Waals surface area contributed by atoms with Crippen molar-refractivity contribution in [2.24, 2.45) is 0 Å². The molecule has 1 atom stereocenters. The smallest absolute Gasteiger partial charge is 0.296 e. The van der Waals surface area contributed by atoms with E-state index in [4.69, 9.17) is 9.15 Å². The average Bonchev–Trinajstić information content (AvgIpc) is 3.55. The molecule has 35 heavy (non-hydrogen) atoms. The topological polar surface area (TPSA) is 97.3 Å². The van der Waals surface area contributed by atoms with Gasteiger partial charge in [0.15, 0.2) is 5.76 Å².